The van der Waals surface area contributed by atoms with E-state index in [0.29, 0.717) is 31.6 Å². The van der Waals surface area contributed by atoms with E-state index in [1.165, 1.54) is 0 Å². The third-order valence-electron chi connectivity index (χ3n) is 8.01. The molecule has 2 saturated heterocycles. The number of allylic oxidation sites excluding steroid dienone is 2. The first kappa shape index (κ1) is 28.9. The number of aromatic nitrogens is 1. The molecule has 3 heterocycles. The van der Waals surface area contributed by atoms with E-state index in [2.05, 4.69) is 27.8 Å². The van der Waals surface area contributed by atoms with Gasteiger partial charge >= 0.3 is 6.18 Å². The van der Waals surface area contributed by atoms with Crippen molar-refractivity contribution >= 4 is 11.5 Å². The number of aliphatic imine (C=N–C) groups is 1. The fourth-order valence-corrected chi connectivity index (χ4v) is 5.78. The molecule has 42 heavy (non-hydrogen) atoms. The summed E-state index contributed by atoms with van der Waals surface area (Å²) in [7, 11) is 0. The minimum Gasteiger partial charge on any atom is -0.401 e. The second kappa shape index (κ2) is 12.1. The highest BCUT2D eigenvalue weighted by Gasteiger charge is 2.47. The summed E-state index contributed by atoms with van der Waals surface area (Å²) in [6.45, 7) is 6.91. The molecule has 0 aliphatic carbocycles. The lowest BCUT2D eigenvalue weighted by molar-refractivity contribution is -0.163. The van der Waals surface area contributed by atoms with Crippen molar-refractivity contribution in [1.82, 2.24) is 10.3 Å². The number of nitrogens with one attached hydrogen (secondary N) is 1. The predicted molar refractivity (Wildman–Crippen MR) is 158 cm³/mol. The molecule has 1 unspecified atom stereocenters. The molecule has 2 aliphatic rings. The Bertz CT molecular complexity index is 1490. The zero-order chi connectivity index (χ0) is 29.9. The lowest BCUT2D eigenvalue weighted by Crippen LogP contribution is -2.44. The van der Waals surface area contributed by atoms with E-state index < -0.39 is 18.1 Å². The number of rotatable bonds is 5. The average molecular weight is 571 g/mol. The van der Waals surface area contributed by atoms with Crippen LogP contribution >= 0.6 is 0 Å². The van der Waals surface area contributed by atoms with Crippen molar-refractivity contribution in [3.8, 4) is 6.07 Å². The lowest BCUT2D eigenvalue weighted by atomic mass is 9.82. The molecule has 0 amide bonds. The number of benzene rings is 2. The molecule has 216 valence electrons. The van der Waals surface area contributed by atoms with Crippen LogP contribution in [0.2, 0.25) is 0 Å². The molecule has 0 bridgehead atoms. The Morgan fingerprint density at radius 2 is 1.69 bits per heavy atom. The molecular formula is C33H33F3N6. The molecule has 0 spiro atoms. The Labute approximate surface area is 244 Å². The summed E-state index contributed by atoms with van der Waals surface area (Å²) in [5, 5.41) is 12.3. The number of pyridine rings is 1. The highest BCUT2D eigenvalue weighted by molar-refractivity contribution is 6.02. The molecule has 2 aliphatic heterocycles. The largest absolute Gasteiger partial charge is 0.401 e. The quantitative estimate of drug-likeness (QED) is 0.362. The average Bonchev–Trinajstić information content (AvgIpc) is 2.99. The molecule has 9 heteroatoms. The van der Waals surface area contributed by atoms with E-state index in [-0.39, 0.29) is 35.1 Å². The number of hydrogen-bond donors (Lipinski definition) is 2. The summed E-state index contributed by atoms with van der Waals surface area (Å²) >= 11 is 0. The van der Waals surface area contributed by atoms with E-state index in [1.807, 2.05) is 73.7 Å². The number of amidine groups is 1. The first-order valence-electron chi connectivity index (χ1n) is 14.0. The molecule has 2 aromatic carbocycles. The summed E-state index contributed by atoms with van der Waals surface area (Å²) in [6, 6.07) is 22.5. The minimum atomic E-state index is -4.52. The van der Waals surface area contributed by atoms with Gasteiger partial charge in [0.25, 0.3) is 0 Å². The van der Waals surface area contributed by atoms with E-state index in [9.17, 15) is 18.4 Å². The Hall–Kier alpha value is -4.58. The van der Waals surface area contributed by atoms with Gasteiger partial charge in [-0.25, -0.2) is 4.98 Å². The minimum absolute atomic E-state index is 0.0149. The Morgan fingerprint density at radius 3 is 2.21 bits per heavy atom. The van der Waals surface area contributed by atoms with Gasteiger partial charge in [-0.15, -0.1) is 0 Å². The van der Waals surface area contributed by atoms with Gasteiger partial charge in [0.15, 0.2) is 0 Å². The standard InChI is InChI=1S/C33H33F3N6/c1-21-17-26(20-39-28(21)19-37)42-15-13-23(14-16-42)30(38)29-27(33(34,35)36)18-22(2)40-32(29)41-31(24-9-5-3-6-10-24)25-11-7-4-8-12-25/h3-12,17,20,23,27,31H,2,13-16,18,38H2,1H3,(H,40,41). The number of aryl methyl sites for hydroxylation is 1. The van der Waals surface area contributed by atoms with Crippen LogP contribution in [0.1, 0.15) is 47.7 Å². The summed E-state index contributed by atoms with van der Waals surface area (Å²) in [5.74, 6) is -1.93. The zero-order valence-electron chi connectivity index (χ0n) is 23.4. The number of halogens is 3. The molecule has 0 saturated carbocycles. The fraction of sp³-hybridized carbons (Fsp3) is 0.303. The van der Waals surface area contributed by atoms with E-state index in [1.54, 1.807) is 6.20 Å². The van der Waals surface area contributed by atoms with Gasteiger partial charge < -0.3 is 16.0 Å². The van der Waals surface area contributed by atoms with Gasteiger partial charge in [-0.1, -0.05) is 67.2 Å². The van der Waals surface area contributed by atoms with Crippen LogP contribution < -0.4 is 16.0 Å². The van der Waals surface area contributed by atoms with Crippen LogP contribution in [-0.4, -0.2) is 30.1 Å². The van der Waals surface area contributed by atoms with Crippen molar-refractivity contribution < 1.29 is 13.2 Å². The van der Waals surface area contributed by atoms with Crippen LogP contribution in [0.3, 0.4) is 0 Å². The lowest BCUT2D eigenvalue weighted by Gasteiger charge is -2.37. The topological polar surface area (TPSA) is 90.3 Å². The molecular weight excluding hydrogens is 537 g/mol. The second-order valence-corrected chi connectivity index (χ2v) is 10.8. The number of piperidine rings is 2. The molecule has 0 radical (unpaired) electrons. The highest BCUT2D eigenvalue weighted by atomic mass is 19.4. The molecule has 3 aromatic rings. The second-order valence-electron chi connectivity index (χ2n) is 10.8. The fourth-order valence-electron chi connectivity index (χ4n) is 5.78. The van der Waals surface area contributed by atoms with Crippen molar-refractivity contribution in [2.45, 2.75) is 38.4 Å². The number of alkyl halides is 3. The van der Waals surface area contributed by atoms with Gasteiger partial charge in [-0.2, -0.15) is 18.4 Å². The van der Waals surface area contributed by atoms with Gasteiger partial charge in [0.05, 0.1) is 17.8 Å². The molecule has 6 nitrogen and oxygen atoms in total. The van der Waals surface area contributed by atoms with Crippen LogP contribution in [0.25, 0.3) is 0 Å². The smallest absolute Gasteiger partial charge is 0.396 e. The third kappa shape index (κ3) is 6.18. The molecule has 3 N–H and O–H groups in total. The number of nitrogens with zero attached hydrogens (tertiary/aromatic N) is 4. The maximum absolute atomic E-state index is 14.6. The summed E-state index contributed by atoms with van der Waals surface area (Å²) in [4.78, 5) is 11.3. The van der Waals surface area contributed by atoms with E-state index in [4.69, 9.17) is 10.7 Å². The maximum Gasteiger partial charge on any atom is 0.396 e. The van der Waals surface area contributed by atoms with E-state index in [0.717, 1.165) is 22.4 Å². The Morgan fingerprint density at radius 1 is 1.10 bits per heavy atom. The van der Waals surface area contributed by atoms with Crippen molar-refractivity contribution in [2.75, 3.05) is 18.0 Å². The molecule has 2 fully saturated rings. The summed E-state index contributed by atoms with van der Waals surface area (Å²) in [5.41, 5.74) is 11.0. The third-order valence-corrected chi connectivity index (χ3v) is 8.01. The summed E-state index contributed by atoms with van der Waals surface area (Å²) in [6.07, 6.45) is -1.99. The number of nitrogens with two attached hydrogens (primary N) is 1. The highest BCUT2D eigenvalue weighted by Crippen LogP contribution is 2.42. The normalized spacial score (nSPS) is 20.4. The monoisotopic (exact) mass is 570 g/mol. The number of anilines is 1. The van der Waals surface area contributed by atoms with Gasteiger partial charge in [0.1, 0.15) is 23.6 Å². The van der Waals surface area contributed by atoms with Crippen molar-refractivity contribution in [3.63, 3.8) is 0 Å². The van der Waals surface area contributed by atoms with Crippen LogP contribution in [0, 0.1) is 30.1 Å². The first-order chi connectivity index (χ1) is 20.2. The van der Waals surface area contributed by atoms with E-state index >= 15 is 0 Å². The SMILES string of the molecule is C=C1CC(C(F)(F)F)C(=C(N)C2CCN(c3cnc(C#N)c(C)c3)CC2)C(=NC(c2ccccc2)c2ccccc2)N1. The molecule has 1 atom stereocenters. The van der Waals surface area contributed by atoms with Gasteiger partial charge in [0.2, 0.25) is 0 Å². The van der Waals surface area contributed by atoms with Crippen molar-refractivity contribution in [2.24, 2.45) is 22.6 Å². The van der Waals surface area contributed by atoms with Gasteiger partial charge in [-0.3, -0.25) is 4.99 Å². The maximum atomic E-state index is 14.6. The number of nitriles is 1. The van der Waals surface area contributed by atoms with Crippen molar-refractivity contribution in [3.05, 3.63) is 119 Å². The van der Waals surface area contributed by atoms with Crippen LogP contribution in [-0.2, 0) is 0 Å². The van der Waals surface area contributed by atoms with Crippen LogP contribution in [0.5, 0.6) is 0 Å². The molecule has 1 aromatic heterocycles. The van der Waals surface area contributed by atoms with Gasteiger partial charge in [-0.05, 0) is 42.5 Å². The number of hydrogen-bond acceptors (Lipinski definition) is 5. The van der Waals surface area contributed by atoms with Crippen LogP contribution in [0.4, 0.5) is 18.9 Å². The first-order valence-corrected chi connectivity index (χ1v) is 14.0. The van der Waals surface area contributed by atoms with Crippen molar-refractivity contribution in [1.29, 1.82) is 5.26 Å². The predicted octanol–water partition coefficient (Wildman–Crippen LogP) is 6.56. The van der Waals surface area contributed by atoms with Gasteiger partial charge in [0, 0.05) is 42.4 Å². The summed E-state index contributed by atoms with van der Waals surface area (Å²) < 4.78 is 43.7. The zero-order valence-corrected chi connectivity index (χ0v) is 23.4. The molecule has 5 rings (SSSR count). The Balaban J connectivity index is 1.52. The van der Waals surface area contributed by atoms with Crippen LogP contribution in [0.15, 0.2) is 101 Å². The Kier molecular flexibility index (Phi) is 8.34.